The van der Waals surface area contributed by atoms with Crippen molar-refractivity contribution in [2.45, 2.75) is 25.8 Å². The van der Waals surface area contributed by atoms with E-state index < -0.39 is 0 Å². The molecule has 1 saturated heterocycles. The van der Waals surface area contributed by atoms with Crippen LogP contribution in [0.4, 0.5) is 0 Å². The highest BCUT2D eigenvalue weighted by molar-refractivity contribution is 5.78. The predicted octanol–water partition coefficient (Wildman–Crippen LogP) is -0.454. The smallest absolute Gasteiger partial charge is 0.234 e. The minimum atomic E-state index is 0.121. The highest BCUT2D eigenvalue weighted by atomic mass is 16.2. The van der Waals surface area contributed by atoms with Gasteiger partial charge in [-0.25, -0.2) is 0 Å². The van der Waals surface area contributed by atoms with Gasteiger partial charge in [-0.1, -0.05) is 6.92 Å². The lowest BCUT2D eigenvalue weighted by Crippen LogP contribution is -2.37. The van der Waals surface area contributed by atoms with Crippen molar-refractivity contribution >= 4 is 5.91 Å². The van der Waals surface area contributed by atoms with Crippen molar-refractivity contribution in [1.29, 1.82) is 0 Å². The molecule has 1 heterocycles. The summed E-state index contributed by atoms with van der Waals surface area (Å²) < 4.78 is 0. The van der Waals surface area contributed by atoms with Crippen LogP contribution in [-0.2, 0) is 4.79 Å². The van der Waals surface area contributed by atoms with Gasteiger partial charge in [0.05, 0.1) is 6.54 Å². The maximum absolute atomic E-state index is 11.3. The zero-order valence-corrected chi connectivity index (χ0v) is 8.25. The zero-order valence-electron chi connectivity index (χ0n) is 8.25. The molecular formula is C9H19N3O. The molecule has 76 valence electrons. The fourth-order valence-corrected chi connectivity index (χ4v) is 1.53. The molecule has 4 heteroatoms. The molecule has 0 aromatic rings. The maximum atomic E-state index is 11.3. The average Bonchev–Trinajstić information content (AvgIpc) is 2.48. The third kappa shape index (κ3) is 3.74. The molecule has 0 saturated carbocycles. The number of hydrogen-bond donors (Lipinski definition) is 2. The van der Waals surface area contributed by atoms with Crippen LogP contribution in [0.15, 0.2) is 0 Å². The lowest BCUT2D eigenvalue weighted by molar-refractivity contribution is -0.122. The van der Waals surface area contributed by atoms with Gasteiger partial charge >= 0.3 is 0 Å². The predicted molar refractivity (Wildman–Crippen MR) is 52.3 cm³/mol. The van der Waals surface area contributed by atoms with Crippen molar-refractivity contribution in [2.24, 2.45) is 5.73 Å². The molecule has 0 spiro atoms. The summed E-state index contributed by atoms with van der Waals surface area (Å²) in [6.45, 7) is 5.15. The molecule has 0 aromatic heterocycles. The summed E-state index contributed by atoms with van der Waals surface area (Å²) in [5.74, 6) is 0.121. The Labute approximate surface area is 79.5 Å². The first kappa shape index (κ1) is 10.5. The molecule has 0 aromatic carbocycles. The highest BCUT2D eigenvalue weighted by Crippen LogP contribution is 2.05. The molecule has 0 unspecified atom stereocenters. The van der Waals surface area contributed by atoms with E-state index in [9.17, 15) is 4.79 Å². The molecule has 1 rings (SSSR count). The molecule has 1 aliphatic rings. The van der Waals surface area contributed by atoms with Gasteiger partial charge in [-0.15, -0.1) is 0 Å². The summed E-state index contributed by atoms with van der Waals surface area (Å²) in [6, 6.07) is 0.263. The van der Waals surface area contributed by atoms with E-state index in [4.69, 9.17) is 5.73 Å². The van der Waals surface area contributed by atoms with Crippen LogP contribution in [0.1, 0.15) is 19.8 Å². The quantitative estimate of drug-likeness (QED) is 0.623. The normalized spacial score (nSPS) is 23.4. The Bertz CT molecular complexity index is 172. The summed E-state index contributed by atoms with van der Waals surface area (Å²) in [5, 5.41) is 2.85. The van der Waals surface area contributed by atoms with Crippen LogP contribution in [-0.4, -0.2) is 43.0 Å². The third-order valence-electron chi connectivity index (χ3n) is 2.25. The number of nitrogens with one attached hydrogen (secondary N) is 1. The van der Waals surface area contributed by atoms with Crippen molar-refractivity contribution in [3.05, 3.63) is 0 Å². The van der Waals surface area contributed by atoms with Gasteiger partial charge in [0.1, 0.15) is 0 Å². The molecule has 0 aliphatic carbocycles. The van der Waals surface area contributed by atoms with E-state index in [0.29, 0.717) is 6.54 Å². The fraction of sp³-hybridized carbons (Fsp3) is 0.889. The molecule has 1 amide bonds. The standard InChI is InChI=1S/C9H19N3O/c1-2-4-11-9(13)7-12-5-3-8(10)6-12/h8H,2-7,10H2,1H3,(H,11,13)/t8-/m1/s1. The van der Waals surface area contributed by atoms with Gasteiger partial charge in [-0.05, 0) is 12.8 Å². The summed E-state index contributed by atoms with van der Waals surface area (Å²) >= 11 is 0. The lowest BCUT2D eigenvalue weighted by atomic mass is 10.3. The topological polar surface area (TPSA) is 58.4 Å². The Hall–Kier alpha value is -0.610. The first-order chi connectivity index (χ1) is 6.22. The summed E-state index contributed by atoms with van der Waals surface area (Å²) in [4.78, 5) is 13.4. The lowest BCUT2D eigenvalue weighted by Gasteiger charge is -2.14. The van der Waals surface area contributed by atoms with E-state index in [1.165, 1.54) is 0 Å². The van der Waals surface area contributed by atoms with E-state index >= 15 is 0 Å². The molecule has 3 N–H and O–H groups in total. The van der Waals surface area contributed by atoms with E-state index in [2.05, 4.69) is 10.2 Å². The van der Waals surface area contributed by atoms with Crippen LogP contribution < -0.4 is 11.1 Å². The van der Waals surface area contributed by atoms with E-state index in [1.54, 1.807) is 0 Å². The van der Waals surface area contributed by atoms with Crippen LogP contribution in [0.2, 0.25) is 0 Å². The SMILES string of the molecule is CCCNC(=O)CN1CC[C@@H](N)C1. The highest BCUT2D eigenvalue weighted by Gasteiger charge is 2.20. The van der Waals surface area contributed by atoms with Crippen LogP contribution in [0.3, 0.4) is 0 Å². The van der Waals surface area contributed by atoms with Crippen LogP contribution in [0.5, 0.6) is 0 Å². The van der Waals surface area contributed by atoms with Crippen LogP contribution in [0, 0.1) is 0 Å². The van der Waals surface area contributed by atoms with Gasteiger partial charge in [0.25, 0.3) is 0 Å². The largest absolute Gasteiger partial charge is 0.355 e. The molecule has 13 heavy (non-hydrogen) atoms. The molecule has 0 bridgehead atoms. The van der Waals surface area contributed by atoms with E-state index in [1.807, 2.05) is 6.92 Å². The number of nitrogens with zero attached hydrogens (tertiary/aromatic N) is 1. The molecule has 1 atom stereocenters. The fourth-order valence-electron chi connectivity index (χ4n) is 1.53. The number of rotatable bonds is 4. The van der Waals surface area contributed by atoms with Gasteiger partial charge in [-0.2, -0.15) is 0 Å². The number of carbonyl (C=O) groups is 1. The molecular weight excluding hydrogens is 166 g/mol. The Morgan fingerprint density at radius 1 is 1.69 bits per heavy atom. The minimum absolute atomic E-state index is 0.121. The number of hydrogen-bond acceptors (Lipinski definition) is 3. The monoisotopic (exact) mass is 185 g/mol. The van der Waals surface area contributed by atoms with Crippen molar-refractivity contribution in [3.63, 3.8) is 0 Å². The maximum Gasteiger partial charge on any atom is 0.234 e. The second-order valence-electron chi connectivity index (χ2n) is 3.63. The first-order valence-electron chi connectivity index (χ1n) is 4.97. The number of likely N-dealkylation sites (tertiary alicyclic amines) is 1. The van der Waals surface area contributed by atoms with Gasteiger partial charge in [-0.3, -0.25) is 9.69 Å². The Kier molecular flexibility index (Phi) is 4.18. The summed E-state index contributed by atoms with van der Waals surface area (Å²) in [5.41, 5.74) is 5.73. The van der Waals surface area contributed by atoms with E-state index in [0.717, 1.165) is 32.5 Å². The van der Waals surface area contributed by atoms with Gasteiger partial charge in [0.2, 0.25) is 5.91 Å². The van der Waals surface area contributed by atoms with Crippen molar-refractivity contribution in [1.82, 2.24) is 10.2 Å². The summed E-state index contributed by atoms with van der Waals surface area (Å²) in [7, 11) is 0. The molecule has 1 fully saturated rings. The second kappa shape index (κ2) is 5.19. The van der Waals surface area contributed by atoms with Crippen molar-refractivity contribution in [3.8, 4) is 0 Å². The van der Waals surface area contributed by atoms with E-state index in [-0.39, 0.29) is 11.9 Å². The van der Waals surface area contributed by atoms with Crippen molar-refractivity contribution in [2.75, 3.05) is 26.2 Å². The molecule has 4 nitrogen and oxygen atoms in total. The van der Waals surface area contributed by atoms with Crippen molar-refractivity contribution < 1.29 is 4.79 Å². The number of amides is 1. The van der Waals surface area contributed by atoms with Gasteiger partial charge in [0, 0.05) is 25.7 Å². The van der Waals surface area contributed by atoms with Crippen LogP contribution >= 0.6 is 0 Å². The first-order valence-corrected chi connectivity index (χ1v) is 4.97. The molecule has 0 radical (unpaired) electrons. The Balaban J connectivity index is 2.13. The Morgan fingerprint density at radius 2 is 2.46 bits per heavy atom. The van der Waals surface area contributed by atoms with Crippen LogP contribution in [0.25, 0.3) is 0 Å². The summed E-state index contributed by atoms with van der Waals surface area (Å²) in [6.07, 6.45) is 2.01. The van der Waals surface area contributed by atoms with Gasteiger partial charge < -0.3 is 11.1 Å². The second-order valence-corrected chi connectivity index (χ2v) is 3.63. The number of carbonyl (C=O) groups excluding carboxylic acids is 1. The number of nitrogens with two attached hydrogens (primary N) is 1. The molecule has 1 aliphatic heterocycles. The Morgan fingerprint density at radius 3 is 3.00 bits per heavy atom. The average molecular weight is 185 g/mol. The van der Waals surface area contributed by atoms with Gasteiger partial charge in [0.15, 0.2) is 0 Å². The third-order valence-corrected chi connectivity index (χ3v) is 2.25. The zero-order chi connectivity index (χ0) is 9.68. The minimum Gasteiger partial charge on any atom is -0.355 e.